The van der Waals surface area contributed by atoms with Crippen LogP contribution in [0.3, 0.4) is 0 Å². The first-order chi connectivity index (χ1) is 23.2. The van der Waals surface area contributed by atoms with Crippen molar-refractivity contribution < 1.29 is 19.4 Å². The number of esters is 1. The van der Waals surface area contributed by atoms with E-state index in [9.17, 15) is 9.90 Å². The minimum atomic E-state index is -0.530. The summed E-state index contributed by atoms with van der Waals surface area (Å²) in [6, 6.07) is 0. The van der Waals surface area contributed by atoms with Crippen molar-refractivity contribution in [3.8, 4) is 0 Å². The minimum absolute atomic E-state index is 0.169. The van der Waals surface area contributed by atoms with Gasteiger partial charge in [-0.25, -0.2) is 0 Å². The number of hydrogen-bond acceptors (Lipinski definition) is 4. The highest BCUT2D eigenvalue weighted by Gasteiger charge is 2.13. The van der Waals surface area contributed by atoms with Gasteiger partial charge in [-0.1, -0.05) is 192 Å². The van der Waals surface area contributed by atoms with Crippen LogP contribution in [0.1, 0.15) is 219 Å². The fourth-order valence-electron chi connectivity index (χ4n) is 6.12. The number of unbranched alkanes of at least 4 members (excludes halogenated alkanes) is 27. The van der Waals surface area contributed by atoms with Crippen LogP contribution in [0.15, 0.2) is 24.3 Å². The van der Waals surface area contributed by atoms with E-state index in [0.29, 0.717) is 19.6 Å². The molecule has 0 saturated heterocycles. The Bertz CT molecular complexity index is 658. The van der Waals surface area contributed by atoms with E-state index >= 15 is 0 Å². The topological polar surface area (TPSA) is 55.8 Å². The molecular formula is C43H82O4. The van der Waals surface area contributed by atoms with Gasteiger partial charge in [-0.15, -0.1) is 0 Å². The number of carbonyl (C=O) groups is 1. The molecule has 278 valence electrons. The van der Waals surface area contributed by atoms with Crippen LogP contribution in [0.2, 0.25) is 0 Å². The molecule has 0 aliphatic heterocycles. The monoisotopic (exact) mass is 663 g/mol. The maximum atomic E-state index is 12.2. The Kier molecular flexibility index (Phi) is 40.1. The van der Waals surface area contributed by atoms with Crippen LogP contribution in [-0.2, 0) is 14.3 Å². The summed E-state index contributed by atoms with van der Waals surface area (Å²) in [5.74, 6) is -0.199. The van der Waals surface area contributed by atoms with Crippen LogP contribution in [0, 0.1) is 0 Å². The van der Waals surface area contributed by atoms with E-state index in [-0.39, 0.29) is 12.6 Å². The van der Waals surface area contributed by atoms with Crippen LogP contribution >= 0.6 is 0 Å². The zero-order valence-electron chi connectivity index (χ0n) is 31.8. The number of hydrogen-bond donors (Lipinski definition) is 1. The molecule has 1 atom stereocenters. The van der Waals surface area contributed by atoms with Crippen molar-refractivity contribution in [1.82, 2.24) is 0 Å². The van der Waals surface area contributed by atoms with Gasteiger partial charge in [0, 0.05) is 13.0 Å². The molecule has 0 aromatic carbocycles. The molecule has 0 aliphatic rings. The third kappa shape index (κ3) is 39.2. The summed E-state index contributed by atoms with van der Waals surface area (Å²) in [6.07, 6.45) is 49.5. The van der Waals surface area contributed by atoms with Crippen molar-refractivity contribution in [2.45, 2.75) is 225 Å². The zero-order chi connectivity index (χ0) is 34.1. The van der Waals surface area contributed by atoms with Gasteiger partial charge in [-0.2, -0.15) is 0 Å². The van der Waals surface area contributed by atoms with Gasteiger partial charge in [0.25, 0.3) is 0 Å². The third-order valence-electron chi connectivity index (χ3n) is 9.28. The molecule has 47 heavy (non-hydrogen) atoms. The Morgan fingerprint density at radius 2 is 0.894 bits per heavy atom. The molecule has 0 spiro atoms. The summed E-state index contributed by atoms with van der Waals surface area (Å²) in [5.41, 5.74) is 0. The first-order valence-corrected chi connectivity index (χ1v) is 20.9. The lowest BCUT2D eigenvalue weighted by Gasteiger charge is -2.16. The van der Waals surface area contributed by atoms with Crippen LogP contribution < -0.4 is 0 Å². The van der Waals surface area contributed by atoms with Crippen molar-refractivity contribution in [3.05, 3.63) is 24.3 Å². The van der Waals surface area contributed by atoms with E-state index in [4.69, 9.17) is 9.47 Å². The largest absolute Gasteiger partial charge is 0.457 e. The lowest BCUT2D eigenvalue weighted by Crippen LogP contribution is -2.27. The van der Waals surface area contributed by atoms with Crippen molar-refractivity contribution in [2.75, 3.05) is 19.8 Å². The standard InChI is InChI=1S/C43H82O4/c1-3-5-7-9-11-13-15-17-18-19-20-21-22-23-24-25-27-29-31-33-35-37-39-46-41-42(40-44)47-43(45)38-36-34-32-30-28-26-16-14-12-10-8-6-4-2/h15,17,19-20,42,44H,3-14,16,18,21-41H2,1-2H3/b17-15-,20-19-. The normalized spacial score (nSPS) is 12.5. The summed E-state index contributed by atoms with van der Waals surface area (Å²) < 4.78 is 11.1. The van der Waals surface area contributed by atoms with Gasteiger partial charge in [0.2, 0.25) is 0 Å². The number of rotatable bonds is 39. The highest BCUT2D eigenvalue weighted by atomic mass is 16.6. The first kappa shape index (κ1) is 45.9. The summed E-state index contributed by atoms with van der Waals surface area (Å²) in [4.78, 5) is 12.2. The van der Waals surface area contributed by atoms with E-state index in [1.807, 2.05) is 0 Å². The average molecular weight is 663 g/mol. The average Bonchev–Trinajstić information content (AvgIpc) is 3.08. The highest BCUT2D eigenvalue weighted by Crippen LogP contribution is 2.14. The first-order valence-electron chi connectivity index (χ1n) is 20.9. The predicted molar refractivity (Wildman–Crippen MR) is 205 cm³/mol. The van der Waals surface area contributed by atoms with Gasteiger partial charge in [0.05, 0.1) is 13.2 Å². The molecule has 0 radical (unpaired) electrons. The zero-order valence-corrected chi connectivity index (χ0v) is 31.8. The van der Waals surface area contributed by atoms with E-state index in [1.54, 1.807) is 0 Å². The summed E-state index contributed by atoms with van der Waals surface area (Å²) >= 11 is 0. The van der Waals surface area contributed by atoms with E-state index < -0.39 is 6.10 Å². The Balaban J connectivity index is 3.39. The lowest BCUT2D eigenvalue weighted by atomic mass is 10.0. The van der Waals surface area contributed by atoms with Gasteiger partial charge < -0.3 is 14.6 Å². The fourth-order valence-corrected chi connectivity index (χ4v) is 6.12. The van der Waals surface area contributed by atoms with Crippen molar-refractivity contribution in [2.24, 2.45) is 0 Å². The van der Waals surface area contributed by atoms with Gasteiger partial charge >= 0.3 is 5.97 Å². The molecule has 0 saturated carbocycles. The van der Waals surface area contributed by atoms with E-state index in [0.717, 1.165) is 25.7 Å². The molecule has 1 unspecified atom stereocenters. The number of ether oxygens (including phenoxy) is 2. The van der Waals surface area contributed by atoms with Gasteiger partial charge in [0.1, 0.15) is 6.10 Å². The molecule has 0 heterocycles. The Morgan fingerprint density at radius 3 is 1.32 bits per heavy atom. The van der Waals surface area contributed by atoms with Crippen LogP contribution in [0.5, 0.6) is 0 Å². The molecule has 1 N–H and O–H groups in total. The van der Waals surface area contributed by atoms with Crippen LogP contribution in [0.25, 0.3) is 0 Å². The summed E-state index contributed by atoms with van der Waals surface area (Å²) in [6.45, 7) is 5.35. The Morgan fingerprint density at radius 1 is 0.511 bits per heavy atom. The van der Waals surface area contributed by atoms with Crippen molar-refractivity contribution in [3.63, 3.8) is 0 Å². The molecule has 4 nitrogen and oxygen atoms in total. The number of allylic oxidation sites excluding steroid dienone is 4. The predicted octanol–water partition coefficient (Wildman–Crippen LogP) is 13.5. The van der Waals surface area contributed by atoms with Crippen molar-refractivity contribution in [1.29, 1.82) is 0 Å². The van der Waals surface area contributed by atoms with E-state index in [2.05, 4.69) is 38.2 Å². The molecule has 0 aromatic rings. The quantitative estimate of drug-likeness (QED) is 0.0404. The molecule has 0 fully saturated rings. The van der Waals surface area contributed by atoms with Gasteiger partial charge in [-0.3, -0.25) is 4.79 Å². The van der Waals surface area contributed by atoms with Crippen molar-refractivity contribution >= 4 is 5.97 Å². The number of aliphatic hydroxyl groups excluding tert-OH is 1. The van der Waals surface area contributed by atoms with Gasteiger partial charge in [0.15, 0.2) is 0 Å². The molecule has 0 rings (SSSR count). The second-order valence-electron chi connectivity index (χ2n) is 14.1. The molecular weight excluding hydrogens is 580 g/mol. The third-order valence-corrected chi connectivity index (χ3v) is 9.28. The SMILES string of the molecule is CCCCCCC/C=C\C/C=C\CCCCCCCCCCCCOCC(CO)OC(=O)CCCCCCCCCCCCCCC. The lowest BCUT2D eigenvalue weighted by molar-refractivity contribution is -0.154. The Hall–Kier alpha value is -1.13. The fraction of sp³-hybridized carbons (Fsp3) is 0.884. The second kappa shape index (κ2) is 41.0. The maximum Gasteiger partial charge on any atom is 0.306 e. The van der Waals surface area contributed by atoms with Crippen LogP contribution in [-0.4, -0.2) is 37.0 Å². The second-order valence-corrected chi connectivity index (χ2v) is 14.1. The maximum absolute atomic E-state index is 12.2. The molecule has 0 amide bonds. The van der Waals surface area contributed by atoms with Crippen LogP contribution in [0.4, 0.5) is 0 Å². The highest BCUT2D eigenvalue weighted by molar-refractivity contribution is 5.69. The number of carbonyl (C=O) groups excluding carboxylic acids is 1. The molecule has 0 bridgehead atoms. The smallest absolute Gasteiger partial charge is 0.306 e. The Labute approximate surface area is 294 Å². The molecule has 0 aromatic heterocycles. The van der Waals surface area contributed by atoms with Gasteiger partial charge in [-0.05, 0) is 44.9 Å². The summed E-state index contributed by atoms with van der Waals surface area (Å²) in [5, 5.41) is 9.58. The molecule has 0 aliphatic carbocycles. The summed E-state index contributed by atoms with van der Waals surface area (Å²) in [7, 11) is 0. The van der Waals surface area contributed by atoms with E-state index in [1.165, 1.54) is 173 Å². The minimum Gasteiger partial charge on any atom is -0.457 e. The number of aliphatic hydroxyl groups is 1. The molecule has 4 heteroatoms.